The van der Waals surface area contributed by atoms with Crippen LogP contribution in [0.5, 0.6) is 0 Å². The van der Waals surface area contributed by atoms with Gasteiger partial charge in [0, 0.05) is 11.7 Å². The van der Waals surface area contributed by atoms with Crippen LogP contribution in [-0.4, -0.2) is 11.9 Å². The molecule has 1 aliphatic carbocycles. The van der Waals surface area contributed by atoms with E-state index in [-0.39, 0.29) is 22.8 Å². The van der Waals surface area contributed by atoms with Gasteiger partial charge in [0.1, 0.15) is 0 Å². The Morgan fingerprint density at radius 2 is 1.83 bits per heavy atom. The molecular weight excluding hydrogens is 292 g/mol. The Morgan fingerprint density at radius 1 is 1.28 bits per heavy atom. The number of hydrogen-bond acceptors (Lipinski definition) is 2. The highest BCUT2D eigenvalue weighted by Crippen LogP contribution is 2.62. The zero-order valence-corrected chi connectivity index (χ0v) is 12.8. The van der Waals surface area contributed by atoms with E-state index in [4.69, 9.17) is 5.73 Å². The third kappa shape index (κ3) is 1.83. The first-order valence-corrected chi connectivity index (χ1v) is 6.83. The molecular formula is C14H19BrN2O. The summed E-state index contributed by atoms with van der Waals surface area (Å²) in [5.41, 5.74) is 7.23. The minimum Gasteiger partial charge on any atom is -0.398 e. The van der Waals surface area contributed by atoms with Crippen LogP contribution in [0, 0.1) is 10.8 Å². The van der Waals surface area contributed by atoms with E-state index in [1.165, 1.54) is 0 Å². The molecule has 0 radical (unpaired) electrons. The highest BCUT2D eigenvalue weighted by Gasteiger charge is 2.65. The van der Waals surface area contributed by atoms with E-state index in [2.05, 4.69) is 48.9 Å². The summed E-state index contributed by atoms with van der Waals surface area (Å²) in [6.45, 7) is 8.69. The maximum atomic E-state index is 12.2. The molecule has 1 aromatic rings. The monoisotopic (exact) mass is 310 g/mol. The predicted octanol–water partition coefficient (Wildman–Crippen LogP) is 3.20. The number of amides is 1. The lowest BCUT2D eigenvalue weighted by atomic mass is 10.0. The Labute approximate surface area is 116 Å². The first-order valence-electron chi connectivity index (χ1n) is 6.04. The van der Waals surface area contributed by atoms with E-state index in [1.807, 2.05) is 0 Å². The predicted molar refractivity (Wildman–Crippen MR) is 77.4 cm³/mol. The number of anilines is 1. The van der Waals surface area contributed by atoms with E-state index in [0.29, 0.717) is 15.7 Å². The molecule has 0 saturated heterocycles. The molecule has 0 atom stereocenters. The van der Waals surface area contributed by atoms with Gasteiger partial charge < -0.3 is 11.1 Å². The smallest absolute Gasteiger partial charge is 0.252 e. The second-order valence-corrected chi connectivity index (χ2v) is 6.85. The van der Waals surface area contributed by atoms with Crippen LogP contribution in [0.2, 0.25) is 0 Å². The van der Waals surface area contributed by atoms with Gasteiger partial charge in [-0.3, -0.25) is 4.79 Å². The van der Waals surface area contributed by atoms with Gasteiger partial charge in [-0.2, -0.15) is 0 Å². The zero-order valence-electron chi connectivity index (χ0n) is 11.2. The Hall–Kier alpha value is -1.03. The molecule has 1 saturated carbocycles. The maximum Gasteiger partial charge on any atom is 0.252 e. The summed E-state index contributed by atoms with van der Waals surface area (Å²) < 4.78 is 0.666. The van der Waals surface area contributed by atoms with Crippen molar-refractivity contribution in [3.8, 4) is 0 Å². The standard InChI is InChI=1S/C14H19BrN2O/c1-13(2)12(14(13,3)4)17-11(18)8-6-5-7-9(16)10(8)15/h5-7,12H,16H2,1-4H3,(H,17,18). The number of nitrogen functional groups attached to an aromatic ring is 1. The number of halogens is 1. The van der Waals surface area contributed by atoms with Gasteiger partial charge in [0.2, 0.25) is 0 Å². The van der Waals surface area contributed by atoms with Gasteiger partial charge in [-0.15, -0.1) is 0 Å². The minimum atomic E-state index is -0.0715. The van der Waals surface area contributed by atoms with Gasteiger partial charge in [0.15, 0.2) is 0 Å². The first kappa shape index (κ1) is 13.4. The summed E-state index contributed by atoms with van der Waals surface area (Å²) in [7, 11) is 0. The van der Waals surface area contributed by atoms with Crippen molar-refractivity contribution in [2.24, 2.45) is 10.8 Å². The quantitative estimate of drug-likeness (QED) is 0.824. The molecule has 3 N–H and O–H groups in total. The lowest BCUT2D eigenvalue weighted by molar-refractivity contribution is 0.0943. The number of carbonyl (C=O) groups excluding carboxylic acids is 1. The van der Waals surface area contributed by atoms with Crippen molar-refractivity contribution in [2.45, 2.75) is 33.7 Å². The molecule has 1 amide bonds. The maximum absolute atomic E-state index is 12.2. The van der Waals surface area contributed by atoms with Crippen LogP contribution in [0.15, 0.2) is 22.7 Å². The van der Waals surface area contributed by atoms with Crippen molar-refractivity contribution in [2.75, 3.05) is 5.73 Å². The lowest BCUT2D eigenvalue weighted by Crippen LogP contribution is -2.30. The normalized spacial score (nSPS) is 20.5. The summed E-state index contributed by atoms with van der Waals surface area (Å²) >= 11 is 3.36. The third-order valence-corrected chi connectivity index (χ3v) is 5.45. The largest absolute Gasteiger partial charge is 0.398 e. The Bertz CT molecular complexity index is 495. The van der Waals surface area contributed by atoms with Crippen LogP contribution in [0.1, 0.15) is 38.1 Å². The average Bonchev–Trinajstić information content (AvgIpc) is 2.65. The molecule has 1 aliphatic rings. The second-order valence-electron chi connectivity index (χ2n) is 6.06. The van der Waals surface area contributed by atoms with Crippen molar-refractivity contribution in [3.05, 3.63) is 28.2 Å². The van der Waals surface area contributed by atoms with E-state index in [9.17, 15) is 4.79 Å². The molecule has 0 bridgehead atoms. The van der Waals surface area contributed by atoms with Gasteiger partial charge in [0.25, 0.3) is 5.91 Å². The molecule has 18 heavy (non-hydrogen) atoms. The van der Waals surface area contributed by atoms with Crippen molar-refractivity contribution in [3.63, 3.8) is 0 Å². The Balaban J connectivity index is 2.18. The fourth-order valence-corrected chi connectivity index (χ4v) is 2.94. The van der Waals surface area contributed by atoms with Crippen LogP contribution >= 0.6 is 15.9 Å². The second kappa shape index (κ2) is 3.98. The molecule has 0 unspecified atom stereocenters. The molecule has 3 nitrogen and oxygen atoms in total. The molecule has 0 heterocycles. The van der Waals surface area contributed by atoms with Crippen molar-refractivity contribution in [1.82, 2.24) is 5.32 Å². The van der Waals surface area contributed by atoms with E-state index >= 15 is 0 Å². The lowest BCUT2D eigenvalue weighted by Gasteiger charge is -2.09. The fraction of sp³-hybridized carbons (Fsp3) is 0.500. The minimum absolute atomic E-state index is 0.0715. The summed E-state index contributed by atoms with van der Waals surface area (Å²) in [5, 5.41) is 3.09. The third-order valence-electron chi connectivity index (χ3n) is 4.57. The van der Waals surface area contributed by atoms with Gasteiger partial charge in [-0.25, -0.2) is 0 Å². The number of nitrogens with two attached hydrogens (primary N) is 1. The van der Waals surface area contributed by atoms with Gasteiger partial charge >= 0.3 is 0 Å². The number of rotatable bonds is 2. The zero-order chi connectivity index (χ0) is 13.7. The van der Waals surface area contributed by atoms with Gasteiger partial charge in [-0.1, -0.05) is 33.8 Å². The van der Waals surface area contributed by atoms with Crippen LogP contribution < -0.4 is 11.1 Å². The number of carbonyl (C=O) groups is 1. The van der Waals surface area contributed by atoms with E-state index in [1.54, 1.807) is 18.2 Å². The van der Waals surface area contributed by atoms with Crippen molar-refractivity contribution in [1.29, 1.82) is 0 Å². The SMILES string of the molecule is CC1(C)C(NC(=O)c2cccc(N)c2Br)C1(C)C. The fourth-order valence-electron chi connectivity index (χ4n) is 2.49. The number of benzene rings is 1. The molecule has 0 aromatic heterocycles. The van der Waals surface area contributed by atoms with E-state index < -0.39 is 0 Å². The van der Waals surface area contributed by atoms with Crippen molar-refractivity contribution < 1.29 is 4.79 Å². The van der Waals surface area contributed by atoms with E-state index in [0.717, 1.165) is 0 Å². The number of hydrogen-bond donors (Lipinski definition) is 2. The number of nitrogens with one attached hydrogen (secondary N) is 1. The topological polar surface area (TPSA) is 55.1 Å². The summed E-state index contributed by atoms with van der Waals surface area (Å²) in [6, 6.07) is 5.54. The summed E-state index contributed by atoms with van der Waals surface area (Å²) in [6.07, 6.45) is 0. The first-order chi connectivity index (χ1) is 8.19. The molecule has 0 aliphatic heterocycles. The van der Waals surface area contributed by atoms with Crippen LogP contribution in [0.25, 0.3) is 0 Å². The van der Waals surface area contributed by atoms with Crippen LogP contribution in [0.3, 0.4) is 0 Å². The Morgan fingerprint density at radius 3 is 2.33 bits per heavy atom. The van der Waals surface area contributed by atoms with Gasteiger partial charge in [0.05, 0.1) is 10.0 Å². The summed E-state index contributed by atoms with van der Waals surface area (Å²) in [5.74, 6) is -0.0715. The van der Waals surface area contributed by atoms with Gasteiger partial charge in [-0.05, 0) is 38.9 Å². The van der Waals surface area contributed by atoms with Crippen molar-refractivity contribution >= 4 is 27.5 Å². The highest BCUT2D eigenvalue weighted by molar-refractivity contribution is 9.10. The molecule has 98 valence electrons. The molecule has 1 aromatic carbocycles. The van der Waals surface area contributed by atoms with Crippen LogP contribution in [0.4, 0.5) is 5.69 Å². The molecule has 0 spiro atoms. The summed E-state index contributed by atoms with van der Waals surface area (Å²) in [4.78, 5) is 12.2. The molecule has 4 heteroatoms. The Kier molecular flexibility index (Phi) is 2.97. The highest BCUT2D eigenvalue weighted by atomic mass is 79.9. The molecule has 1 fully saturated rings. The molecule has 2 rings (SSSR count). The van der Waals surface area contributed by atoms with Crippen LogP contribution in [-0.2, 0) is 0 Å². The average molecular weight is 311 g/mol.